The number of carbonyl (C=O) groups is 4. The summed E-state index contributed by atoms with van der Waals surface area (Å²) in [6.45, 7) is 0. The van der Waals surface area contributed by atoms with Crippen LogP contribution < -0.4 is 5.32 Å². The molecule has 0 aliphatic carbocycles. The number of carbonyl (C=O) groups excluding carboxylic acids is 3. The highest BCUT2D eigenvalue weighted by Gasteiger charge is 2.52. The van der Waals surface area contributed by atoms with Crippen molar-refractivity contribution in [3.05, 3.63) is 11.8 Å². The predicted molar refractivity (Wildman–Crippen MR) is 74.2 cm³/mol. The van der Waals surface area contributed by atoms with Gasteiger partial charge in [0.1, 0.15) is 17.1 Å². The van der Waals surface area contributed by atoms with Crippen molar-refractivity contribution in [1.29, 1.82) is 0 Å². The van der Waals surface area contributed by atoms with E-state index < -0.39 is 29.2 Å². The second-order valence-electron chi connectivity index (χ2n) is 4.22. The fourth-order valence-electron chi connectivity index (χ4n) is 1.99. The molecular formula is C11H11BrN2O5S. The summed E-state index contributed by atoms with van der Waals surface area (Å²) in [7, 11) is 0. The van der Waals surface area contributed by atoms with Crippen molar-refractivity contribution < 1.29 is 24.3 Å². The fourth-order valence-corrected chi connectivity index (χ4v) is 3.38. The molecule has 2 rings (SSSR count). The van der Waals surface area contributed by atoms with Gasteiger partial charge in [0.2, 0.25) is 5.91 Å². The van der Waals surface area contributed by atoms with Crippen molar-refractivity contribution >= 4 is 51.3 Å². The van der Waals surface area contributed by atoms with E-state index in [1.807, 2.05) is 0 Å². The number of halogens is 1. The Balaban J connectivity index is 1.99. The van der Waals surface area contributed by atoms with Crippen molar-refractivity contribution in [2.75, 3.05) is 11.1 Å². The summed E-state index contributed by atoms with van der Waals surface area (Å²) < 4.78 is 0. The summed E-state index contributed by atoms with van der Waals surface area (Å²) in [6, 6.07) is -0.765. The number of thioether (sulfide) groups is 1. The van der Waals surface area contributed by atoms with Crippen LogP contribution in [0.4, 0.5) is 0 Å². The molecule has 2 heterocycles. The van der Waals surface area contributed by atoms with Gasteiger partial charge in [0.15, 0.2) is 5.78 Å². The average Bonchev–Trinajstić information content (AvgIpc) is 2.43. The number of ketones is 1. The lowest BCUT2D eigenvalue weighted by Gasteiger charge is -2.48. The number of carboxylic acid groups (broad SMARTS) is 1. The van der Waals surface area contributed by atoms with Crippen molar-refractivity contribution in [2.24, 2.45) is 0 Å². The first kappa shape index (κ1) is 15.0. The summed E-state index contributed by atoms with van der Waals surface area (Å²) >= 11 is 4.32. The monoisotopic (exact) mass is 362 g/mol. The SMILES string of the molecule is O=C(CBr)CC(=O)NC1C(=O)N2C(C(=O)O)=CCS[C@H]12. The summed E-state index contributed by atoms with van der Waals surface area (Å²) in [4.78, 5) is 46.8. The Morgan fingerprint density at radius 2 is 2.20 bits per heavy atom. The smallest absolute Gasteiger partial charge is 0.352 e. The van der Waals surface area contributed by atoms with Gasteiger partial charge in [0, 0.05) is 5.75 Å². The normalized spacial score (nSPS) is 24.4. The quantitative estimate of drug-likeness (QED) is 0.395. The van der Waals surface area contributed by atoms with Gasteiger partial charge in [-0.2, -0.15) is 0 Å². The Bertz CT molecular complexity index is 521. The van der Waals surface area contributed by atoms with Crippen LogP contribution in [0, 0.1) is 0 Å². The van der Waals surface area contributed by atoms with E-state index in [0.717, 1.165) is 4.90 Å². The molecule has 0 spiro atoms. The maximum Gasteiger partial charge on any atom is 0.352 e. The van der Waals surface area contributed by atoms with Crippen molar-refractivity contribution in [3.63, 3.8) is 0 Å². The number of rotatable bonds is 5. The number of fused-ring (bicyclic) bond motifs is 1. The third-order valence-corrected chi connectivity index (χ3v) is 4.70. The van der Waals surface area contributed by atoms with Gasteiger partial charge in [-0.3, -0.25) is 19.3 Å². The molecular weight excluding hydrogens is 352 g/mol. The molecule has 2 aliphatic heterocycles. The van der Waals surface area contributed by atoms with Crippen LogP contribution in [0.5, 0.6) is 0 Å². The molecule has 2 amide bonds. The van der Waals surface area contributed by atoms with Gasteiger partial charge in [-0.1, -0.05) is 15.9 Å². The Labute approximate surface area is 126 Å². The molecule has 1 fully saturated rings. The number of amides is 2. The molecule has 0 radical (unpaired) electrons. The van der Waals surface area contributed by atoms with E-state index in [1.165, 1.54) is 17.8 Å². The predicted octanol–water partition coefficient (Wildman–Crippen LogP) is -0.291. The standard InChI is InChI=1S/C11H11BrN2O5S/c12-4-5(15)3-7(16)13-8-9(17)14-6(11(18)19)1-2-20-10(8)14/h1,8,10H,2-4H2,(H,13,16)(H,18,19)/t8?,10-/m1/s1. The largest absolute Gasteiger partial charge is 0.477 e. The molecule has 2 N–H and O–H groups in total. The van der Waals surface area contributed by atoms with Gasteiger partial charge in [-0.25, -0.2) is 4.79 Å². The maximum absolute atomic E-state index is 11.9. The van der Waals surface area contributed by atoms with Gasteiger partial charge >= 0.3 is 5.97 Å². The van der Waals surface area contributed by atoms with Gasteiger partial charge in [0.05, 0.1) is 11.8 Å². The molecule has 0 aromatic rings. The number of alkyl halides is 1. The lowest BCUT2D eigenvalue weighted by molar-refractivity contribution is -0.150. The molecule has 2 aliphatic rings. The highest BCUT2D eigenvalue weighted by Crippen LogP contribution is 2.37. The molecule has 0 aromatic carbocycles. The number of carboxylic acids is 1. The minimum absolute atomic E-state index is 0.0548. The summed E-state index contributed by atoms with van der Waals surface area (Å²) in [5, 5.41) is 11.1. The molecule has 0 bridgehead atoms. The molecule has 0 aromatic heterocycles. The molecule has 1 saturated heterocycles. The van der Waals surface area contributed by atoms with E-state index in [-0.39, 0.29) is 23.2 Å². The summed E-state index contributed by atoms with van der Waals surface area (Å²) in [5.41, 5.74) is -0.0548. The van der Waals surface area contributed by atoms with Gasteiger partial charge in [-0.05, 0) is 6.08 Å². The molecule has 9 heteroatoms. The minimum atomic E-state index is -1.16. The maximum atomic E-state index is 11.9. The lowest BCUT2D eigenvalue weighted by Crippen LogP contribution is -2.70. The third-order valence-electron chi connectivity index (χ3n) is 2.89. The first-order valence-electron chi connectivity index (χ1n) is 5.71. The highest BCUT2D eigenvalue weighted by molar-refractivity contribution is 9.09. The van der Waals surface area contributed by atoms with Crippen molar-refractivity contribution in [3.8, 4) is 0 Å². The number of nitrogens with one attached hydrogen (secondary N) is 1. The van der Waals surface area contributed by atoms with Crippen LogP contribution in [0.3, 0.4) is 0 Å². The lowest BCUT2D eigenvalue weighted by atomic mass is 10.0. The number of β-lactam (4-membered cyclic amide) rings is 1. The number of nitrogens with zero attached hydrogens (tertiary/aromatic N) is 1. The van der Waals surface area contributed by atoms with E-state index in [4.69, 9.17) is 5.11 Å². The number of hydrogen-bond donors (Lipinski definition) is 2. The van der Waals surface area contributed by atoms with Gasteiger partial charge in [0.25, 0.3) is 5.91 Å². The van der Waals surface area contributed by atoms with E-state index in [0.29, 0.717) is 5.75 Å². The fraction of sp³-hybridized carbons (Fsp3) is 0.455. The van der Waals surface area contributed by atoms with Gasteiger partial charge in [-0.15, -0.1) is 11.8 Å². The Hall–Kier alpha value is -1.35. The number of Topliss-reactive ketones (excluding diaryl/α,β-unsaturated/α-hetero) is 1. The highest BCUT2D eigenvalue weighted by atomic mass is 79.9. The second-order valence-corrected chi connectivity index (χ2v) is 5.93. The van der Waals surface area contributed by atoms with Crippen LogP contribution in [0.15, 0.2) is 11.8 Å². The van der Waals surface area contributed by atoms with E-state index in [1.54, 1.807) is 0 Å². The molecule has 2 atom stereocenters. The summed E-state index contributed by atoms with van der Waals surface area (Å²) in [6.07, 6.45) is 1.17. The van der Waals surface area contributed by atoms with Gasteiger partial charge < -0.3 is 10.4 Å². The molecule has 1 unspecified atom stereocenters. The third kappa shape index (κ3) is 2.73. The Morgan fingerprint density at radius 3 is 2.80 bits per heavy atom. The topological polar surface area (TPSA) is 104 Å². The molecule has 20 heavy (non-hydrogen) atoms. The average molecular weight is 363 g/mol. The van der Waals surface area contributed by atoms with E-state index >= 15 is 0 Å². The van der Waals surface area contributed by atoms with Crippen LogP contribution in [-0.2, 0) is 19.2 Å². The zero-order chi connectivity index (χ0) is 14.9. The zero-order valence-corrected chi connectivity index (χ0v) is 12.6. The molecule has 0 saturated carbocycles. The zero-order valence-electron chi connectivity index (χ0n) is 10.2. The van der Waals surface area contributed by atoms with Crippen LogP contribution >= 0.6 is 27.7 Å². The van der Waals surface area contributed by atoms with Crippen molar-refractivity contribution in [2.45, 2.75) is 17.8 Å². The van der Waals surface area contributed by atoms with E-state index in [9.17, 15) is 19.2 Å². The minimum Gasteiger partial charge on any atom is -0.477 e. The van der Waals surface area contributed by atoms with Crippen molar-refractivity contribution in [1.82, 2.24) is 10.2 Å². The Morgan fingerprint density at radius 1 is 1.50 bits per heavy atom. The van der Waals surface area contributed by atoms with Crippen LogP contribution in [0.1, 0.15) is 6.42 Å². The van der Waals surface area contributed by atoms with E-state index in [2.05, 4.69) is 21.2 Å². The van der Waals surface area contributed by atoms with Crippen LogP contribution in [-0.4, -0.2) is 56.1 Å². The second kappa shape index (κ2) is 5.96. The summed E-state index contributed by atoms with van der Waals surface area (Å²) in [5.74, 6) is -1.98. The molecule has 108 valence electrons. The number of aliphatic carboxylic acids is 1. The van der Waals surface area contributed by atoms with Crippen LogP contribution in [0.2, 0.25) is 0 Å². The number of hydrogen-bond acceptors (Lipinski definition) is 5. The Kier molecular flexibility index (Phi) is 4.48. The first-order chi connectivity index (χ1) is 9.45. The molecule has 7 nitrogen and oxygen atoms in total. The first-order valence-corrected chi connectivity index (χ1v) is 7.88. The van der Waals surface area contributed by atoms with Crippen LogP contribution in [0.25, 0.3) is 0 Å².